The first-order chi connectivity index (χ1) is 9.22. The van der Waals surface area contributed by atoms with Gasteiger partial charge in [-0.25, -0.2) is 0 Å². The SMILES string of the molecule is CCN(CC1CCNCC1)C(=O)c1ccncc1Cl. The van der Waals surface area contributed by atoms with Crippen molar-refractivity contribution in [1.29, 1.82) is 0 Å². The third kappa shape index (κ3) is 3.67. The highest BCUT2D eigenvalue weighted by molar-refractivity contribution is 6.33. The molecule has 1 fully saturated rings. The number of rotatable bonds is 4. The van der Waals surface area contributed by atoms with E-state index in [4.69, 9.17) is 11.6 Å². The van der Waals surface area contributed by atoms with E-state index in [9.17, 15) is 4.79 Å². The summed E-state index contributed by atoms with van der Waals surface area (Å²) >= 11 is 6.04. The van der Waals surface area contributed by atoms with E-state index in [0.717, 1.165) is 32.5 Å². The fourth-order valence-electron chi connectivity index (χ4n) is 2.45. The van der Waals surface area contributed by atoms with Crippen molar-refractivity contribution < 1.29 is 4.79 Å². The Morgan fingerprint density at radius 1 is 1.53 bits per heavy atom. The largest absolute Gasteiger partial charge is 0.339 e. The van der Waals surface area contributed by atoms with Gasteiger partial charge in [-0.15, -0.1) is 0 Å². The number of aromatic nitrogens is 1. The second-order valence-electron chi connectivity index (χ2n) is 4.89. The second-order valence-corrected chi connectivity index (χ2v) is 5.30. The van der Waals surface area contributed by atoms with Gasteiger partial charge in [0, 0.05) is 25.5 Å². The molecule has 19 heavy (non-hydrogen) atoms. The Balaban J connectivity index is 2.04. The van der Waals surface area contributed by atoms with E-state index in [1.165, 1.54) is 6.20 Å². The highest BCUT2D eigenvalue weighted by Crippen LogP contribution is 2.19. The quantitative estimate of drug-likeness (QED) is 0.920. The van der Waals surface area contributed by atoms with Crippen LogP contribution in [0.1, 0.15) is 30.1 Å². The van der Waals surface area contributed by atoms with Gasteiger partial charge < -0.3 is 10.2 Å². The summed E-state index contributed by atoms with van der Waals surface area (Å²) in [5.74, 6) is 0.596. The van der Waals surface area contributed by atoms with Crippen molar-refractivity contribution in [2.24, 2.45) is 5.92 Å². The van der Waals surface area contributed by atoms with Crippen LogP contribution < -0.4 is 5.32 Å². The molecule has 2 rings (SSSR count). The van der Waals surface area contributed by atoms with Crippen LogP contribution in [-0.4, -0.2) is 42.0 Å². The van der Waals surface area contributed by atoms with Crippen LogP contribution >= 0.6 is 11.6 Å². The van der Waals surface area contributed by atoms with E-state index in [1.54, 1.807) is 12.3 Å². The van der Waals surface area contributed by atoms with Crippen molar-refractivity contribution in [2.45, 2.75) is 19.8 Å². The molecule has 0 radical (unpaired) electrons. The fraction of sp³-hybridized carbons (Fsp3) is 0.571. The smallest absolute Gasteiger partial charge is 0.255 e. The number of carbonyl (C=O) groups excluding carboxylic acids is 1. The molecule has 0 bridgehead atoms. The fourth-order valence-corrected chi connectivity index (χ4v) is 2.65. The molecule has 1 saturated heterocycles. The van der Waals surface area contributed by atoms with E-state index in [1.807, 2.05) is 11.8 Å². The number of hydrogen-bond donors (Lipinski definition) is 1. The van der Waals surface area contributed by atoms with Crippen molar-refractivity contribution in [1.82, 2.24) is 15.2 Å². The molecule has 2 heterocycles. The van der Waals surface area contributed by atoms with Crippen molar-refractivity contribution in [3.63, 3.8) is 0 Å². The first kappa shape index (κ1) is 14.3. The van der Waals surface area contributed by atoms with Crippen LogP contribution in [0.3, 0.4) is 0 Å². The molecule has 1 aliphatic rings. The Hall–Kier alpha value is -1.13. The molecular weight excluding hydrogens is 262 g/mol. The van der Waals surface area contributed by atoms with E-state index in [-0.39, 0.29) is 5.91 Å². The molecule has 0 unspecified atom stereocenters. The maximum Gasteiger partial charge on any atom is 0.255 e. The summed E-state index contributed by atoms with van der Waals surface area (Å²) in [6.45, 7) is 5.63. The van der Waals surface area contributed by atoms with E-state index in [2.05, 4.69) is 10.3 Å². The molecule has 1 amide bonds. The maximum absolute atomic E-state index is 12.5. The van der Waals surface area contributed by atoms with Gasteiger partial charge in [0.1, 0.15) is 0 Å². The number of nitrogens with zero attached hydrogens (tertiary/aromatic N) is 2. The molecule has 1 N–H and O–H groups in total. The Bertz CT molecular complexity index is 432. The van der Waals surface area contributed by atoms with Crippen molar-refractivity contribution in [2.75, 3.05) is 26.2 Å². The summed E-state index contributed by atoms with van der Waals surface area (Å²) in [5.41, 5.74) is 0.549. The summed E-state index contributed by atoms with van der Waals surface area (Å²) in [5, 5.41) is 3.77. The summed E-state index contributed by atoms with van der Waals surface area (Å²) in [4.78, 5) is 18.3. The molecule has 1 aromatic rings. The third-order valence-electron chi connectivity index (χ3n) is 3.61. The van der Waals surface area contributed by atoms with Gasteiger partial charge in [-0.1, -0.05) is 11.6 Å². The van der Waals surface area contributed by atoms with Crippen LogP contribution in [0.15, 0.2) is 18.5 Å². The minimum Gasteiger partial charge on any atom is -0.339 e. The molecule has 104 valence electrons. The summed E-state index contributed by atoms with van der Waals surface area (Å²) in [6, 6.07) is 1.69. The minimum absolute atomic E-state index is 0.00781. The Kier molecular flexibility index (Phi) is 5.16. The number of hydrogen-bond acceptors (Lipinski definition) is 3. The number of pyridine rings is 1. The molecule has 0 spiro atoms. The second kappa shape index (κ2) is 6.87. The van der Waals surface area contributed by atoms with Crippen molar-refractivity contribution in [3.05, 3.63) is 29.0 Å². The predicted octanol–water partition coefficient (Wildman–Crippen LogP) is 2.20. The van der Waals surface area contributed by atoms with Gasteiger partial charge in [0.25, 0.3) is 5.91 Å². The van der Waals surface area contributed by atoms with Gasteiger partial charge >= 0.3 is 0 Å². The molecule has 4 nitrogen and oxygen atoms in total. The van der Waals surface area contributed by atoms with Crippen LogP contribution in [0.25, 0.3) is 0 Å². The van der Waals surface area contributed by atoms with Crippen LogP contribution in [0, 0.1) is 5.92 Å². The van der Waals surface area contributed by atoms with Crippen LogP contribution in [0.2, 0.25) is 5.02 Å². The standard InChI is InChI=1S/C14H20ClN3O/c1-2-18(10-11-3-6-16-7-4-11)14(19)12-5-8-17-9-13(12)15/h5,8-9,11,16H,2-4,6-7,10H2,1H3. The van der Waals surface area contributed by atoms with Gasteiger partial charge in [0.2, 0.25) is 0 Å². The third-order valence-corrected chi connectivity index (χ3v) is 3.91. The van der Waals surface area contributed by atoms with Crippen LogP contribution in [-0.2, 0) is 0 Å². The average Bonchev–Trinajstić information content (AvgIpc) is 2.46. The molecule has 0 aliphatic carbocycles. The van der Waals surface area contributed by atoms with Crippen LogP contribution in [0.5, 0.6) is 0 Å². The van der Waals surface area contributed by atoms with Gasteiger partial charge in [0.05, 0.1) is 10.6 Å². The van der Waals surface area contributed by atoms with E-state index in [0.29, 0.717) is 23.0 Å². The van der Waals surface area contributed by atoms with Gasteiger partial charge in [-0.3, -0.25) is 9.78 Å². The Labute approximate surface area is 119 Å². The highest BCUT2D eigenvalue weighted by atomic mass is 35.5. The molecule has 1 aliphatic heterocycles. The monoisotopic (exact) mass is 281 g/mol. The van der Waals surface area contributed by atoms with Crippen molar-refractivity contribution >= 4 is 17.5 Å². The number of halogens is 1. The highest BCUT2D eigenvalue weighted by Gasteiger charge is 2.21. The Morgan fingerprint density at radius 3 is 2.89 bits per heavy atom. The molecule has 5 heteroatoms. The minimum atomic E-state index is 0.00781. The predicted molar refractivity (Wildman–Crippen MR) is 76.4 cm³/mol. The lowest BCUT2D eigenvalue weighted by Gasteiger charge is -2.29. The Morgan fingerprint density at radius 2 is 2.26 bits per heavy atom. The van der Waals surface area contributed by atoms with E-state index >= 15 is 0 Å². The maximum atomic E-state index is 12.5. The number of nitrogens with one attached hydrogen (secondary N) is 1. The number of piperidine rings is 1. The normalized spacial score (nSPS) is 16.3. The first-order valence-electron chi connectivity index (χ1n) is 6.82. The lowest BCUT2D eigenvalue weighted by Crippen LogP contribution is -2.39. The summed E-state index contributed by atoms with van der Waals surface area (Å²) in [7, 11) is 0. The zero-order chi connectivity index (χ0) is 13.7. The lowest BCUT2D eigenvalue weighted by atomic mass is 9.97. The molecule has 0 saturated carbocycles. The molecule has 1 aromatic heterocycles. The van der Waals surface area contributed by atoms with E-state index < -0.39 is 0 Å². The summed E-state index contributed by atoms with van der Waals surface area (Å²) < 4.78 is 0. The lowest BCUT2D eigenvalue weighted by molar-refractivity contribution is 0.0727. The van der Waals surface area contributed by atoms with Gasteiger partial charge in [-0.2, -0.15) is 0 Å². The molecular formula is C14H20ClN3O. The topological polar surface area (TPSA) is 45.2 Å². The first-order valence-corrected chi connectivity index (χ1v) is 7.19. The zero-order valence-corrected chi connectivity index (χ0v) is 12.0. The zero-order valence-electron chi connectivity index (χ0n) is 11.2. The average molecular weight is 282 g/mol. The molecule has 0 aromatic carbocycles. The van der Waals surface area contributed by atoms with Gasteiger partial charge in [-0.05, 0) is 44.8 Å². The van der Waals surface area contributed by atoms with Crippen LogP contribution in [0.4, 0.5) is 0 Å². The van der Waals surface area contributed by atoms with Gasteiger partial charge in [0.15, 0.2) is 0 Å². The number of amides is 1. The molecule has 0 atom stereocenters. The number of carbonyl (C=O) groups is 1. The summed E-state index contributed by atoms with van der Waals surface area (Å²) in [6.07, 6.45) is 5.40. The van der Waals surface area contributed by atoms with Crippen molar-refractivity contribution in [3.8, 4) is 0 Å².